The van der Waals surface area contributed by atoms with Gasteiger partial charge in [-0.25, -0.2) is 0 Å². The van der Waals surface area contributed by atoms with Crippen LogP contribution in [0.5, 0.6) is 5.75 Å². The van der Waals surface area contributed by atoms with Gasteiger partial charge < -0.3 is 14.6 Å². The summed E-state index contributed by atoms with van der Waals surface area (Å²) in [6, 6.07) is 8.19. The maximum Gasteiger partial charge on any atom is 0.230 e. The van der Waals surface area contributed by atoms with Crippen LogP contribution in [-0.2, 0) is 11.3 Å². The molecule has 1 aliphatic rings. The number of nitrogens with one attached hydrogen (secondary N) is 1. The summed E-state index contributed by atoms with van der Waals surface area (Å²) in [5.74, 6) is 2.13. The summed E-state index contributed by atoms with van der Waals surface area (Å²) < 4.78 is 7.38. The molecular formula is C22H32N4O2S. The van der Waals surface area contributed by atoms with Crippen molar-refractivity contribution in [3.63, 3.8) is 0 Å². The van der Waals surface area contributed by atoms with Crippen molar-refractivity contribution in [1.29, 1.82) is 0 Å². The molecule has 1 heterocycles. The zero-order valence-electron chi connectivity index (χ0n) is 17.5. The highest BCUT2D eigenvalue weighted by molar-refractivity contribution is 7.99. The van der Waals surface area contributed by atoms with E-state index in [9.17, 15) is 4.79 Å². The average Bonchev–Trinajstić information content (AvgIpc) is 2.97. The van der Waals surface area contributed by atoms with Gasteiger partial charge in [0, 0.05) is 18.2 Å². The summed E-state index contributed by atoms with van der Waals surface area (Å²) in [7, 11) is 1.66. The van der Waals surface area contributed by atoms with E-state index in [0.717, 1.165) is 54.5 Å². The van der Waals surface area contributed by atoms with E-state index in [1.807, 2.05) is 24.3 Å². The number of carbonyl (C=O) groups is 1. The molecule has 1 amide bonds. The topological polar surface area (TPSA) is 69.0 Å². The highest BCUT2D eigenvalue weighted by atomic mass is 32.2. The number of carbonyl (C=O) groups excluding carboxylic acids is 1. The lowest BCUT2D eigenvalue weighted by atomic mass is 10.1. The van der Waals surface area contributed by atoms with Crippen LogP contribution in [0.2, 0.25) is 0 Å². The Labute approximate surface area is 177 Å². The van der Waals surface area contributed by atoms with Gasteiger partial charge in [0.2, 0.25) is 5.91 Å². The number of methoxy groups -OCH3 is 1. The SMILES string of the molecule is CCCCn1c(SCC(=O)NC2CCCCCC2)nnc1-c1ccc(OC)cc1. The van der Waals surface area contributed by atoms with E-state index in [0.29, 0.717) is 11.8 Å². The molecule has 2 aromatic rings. The van der Waals surface area contributed by atoms with Crippen LogP contribution in [0.4, 0.5) is 0 Å². The molecule has 1 aliphatic carbocycles. The highest BCUT2D eigenvalue weighted by Crippen LogP contribution is 2.26. The first-order valence-electron chi connectivity index (χ1n) is 10.7. The van der Waals surface area contributed by atoms with E-state index in [1.54, 1.807) is 7.11 Å². The van der Waals surface area contributed by atoms with E-state index in [2.05, 4.69) is 27.0 Å². The van der Waals surface area contributed by atoms with Crippen molar-refractivity contribution in [2.75, 3.05) is 12.9 Å². The molecule has 1 fully saturated rings. The molecule has 6 nitrogen and oxygen atoms in total. The van der Waals surface area contributed by atoms with Crippen molar-refractivity contribution in [2.45, 2.75) is 76.0 Å². The van der Waals surface area contributed by atoms with Gasteiger partial charge in [-0.15, -0.1) is 10.2 Å². The summed E-state index contributed by atoms with van der Waals surface area (Å²) in [5.41, 5.74) is 1.00. The quantitative estimate of drug-likeness (QED) is 0.475. The number of unbranched alkanes of at least 4 members (excludes halogenated alkanes) is 1. The molecule has 1 saturated carbocycles. The van der Waals surface area contributed by atoms with E-state index in [4.69, 9.17) is 4.74 Å². The zero-order valence-corrected chi connectivity index (χ0v) is 18.3. The molecule has 0 atom stereocenters. The van der Waals surface area contributed by atoms with Crippen molar-refractivity contribution >= 4 is 17.7 Å². The molecular weight excluding hydrogens is 384 g/mol. The molecule has 0 radical (unpaired) electrons. The monoisotopic (exact) mass is 416 g/mol. The normalized spacial score (nSPS) is 15.1. The van der Waals surface area contributed by atoms with Crippen LogP contribution in [0.3, 0.4) is 0 Å². The summed E-state index contributed by atoms with van der Waals surface area (Å²) in [4.78, 5) is 12.5. The third-order valence-corrected chi connectivity index (χ3v) is 6.32. The molecule has 0 unspecified atom stereocenters. The summed E-state index contributed by atoms with van der Waals surface area (Å²) in [6.45, 7) is 3.02. The van der Waals surface area contributed by atoms with Gasteiger partial charge in [-0.2, -0.15) is 0 Å². The Morgan fingerprint density at radius 3 is 2.55 bits per heavy atom. The number of ether oxygens (including phenoxy) is 1. The second kappa shape index (κ2) is 11.2. The predicted octanol–water partition coefficient (Wildman–Crippen LogP) is 4.68. The minimum absolute atomic E-state index is 0.0953. The van der Waals surface area contributed by atoms with Crippen LogP contribution in [0.15, 0.2) is 29.4 Å². The fraction of sp³-hybridized carbons (Fsp3) is 0.591. The molecule has 0 saturated heterocycles. The molecule has 1 N–H and O–H groups in total. The lowest BCUT2D eigenvalue weighted by molar-refractivity contribution is -0.119. The molecule has 0 bridgehead atoms. The molecule has 1 aromatic heterocycles. The van der Waals surface area contributed by atoms with Gasteiger partial charge in [0.25, 0.3) is 0 Å². The third kappa shape index (κ3) is 6.23. The van der Waals surface area contributed by atoms with Gasteiger partial charge in [0.15, 0.2) is 11.0 Å². The Morgan fingerprint density at radius 1 is 1.17 bits per heavy atom. The largest absolute Gasteiger partial charge is 0.497 e. The zero-order chi connectivity index (χ0) is 20.5. The number of rotatable bonds is 9. The molecule has 0 spiro atoms. The number of hydrogen-bond donors (Lipinski definition) is 1. The van der Waals surface area contributed by atoms with Crippen LogP contribution in [0, 0.1) is 0 Å². The number of hydrogen-bond acceptors (Lipinski definition) is 5. The first kappa shape index (κ1) is 21.7. The molecule has 158 valence electrons. The third-order valence-electron chi connectivity index (χ3n) is 5.35. The fourth-order valence-corrected chi connectivity index (χ4v) is 4.47. The summed E-state index contributed by atoms with van der Waals surface area (Å²) in [6.07, 6.45) is 9.35. The summed E-state index contributed by atoms with van der Waals surface area (Å²) >= 11 is 1.48. The number of nitrogens with zero attached hydrogens (tertiary/aromatic N) is 3. The predicted molar refractivity (Wildman–Crippen MR) is 117 cm³/mol. The minimum Gasteiger partial charge on any atom is -0.497 e. The number of thioether (sulfide) groups is 1. The Morgan fingerprint density at radius 2 is 1.90 bits per heavy atom. The van der Waals surface area contributed by atoms with E-state index < -0.39 is 0 Å². The van der Waals surface area contributed by atoms with E-state index in [-0.39, 0.29) is 5.91 Å². The maximum atomic E-state index is 12.5. The molecule has 0 aliphatic heterocycles. The van der Waals surface area contributed by atoms with Gasteiger partial charge in [0.1, 0.15) is 5.75 Å². The van der Waals surface area contributed by atoms with E-state index in [1.165, 1.54) is 37.4 Å². The number of amides is 1. The smallest absolute Gasteiger partial charge is 0.230 e. The van der Waals surface area contributed by atoms with Crippen LogP contribution >= 0.6 is 11.8 Å². The average molecular weight is 417 g/mol. The van der Waals surface area contributed by atoms with Crippen molar-refractivity contribution < 1.29 is 9.53 Å². The van der Waals surface area contributed by atoms with Crippen molar-refractivity contribution in [1.82, 2.24) is 20.1 Å². The molecule has 29 heavy (non-hydrogen) atoms. The van der Waals surface area contributed by atoms with Gasteiger partial charge in [-0.05, 0) is 43.5 Å². The lowest BCUT2D eigenvalue weighted by Crippen LogP contribution is -2.35. The van der Waals surface area contributed by atoms with E-state index >= 15 is 0 Å². The Kier molecular flexibility index (Phi) is 8.40. The summed E-state index contributed by atoms with van der Waals surface area (Å²) in [5, 5.41) is 12.8. The molecule has 7 heteroatoms. The minimum atomic E-state index is 0.0953. The van der Waals surface area contributed by atoms with Gasteiger partial charge >= 0.3 is 0 Å². The number of aromatic nitrogens is 3. The number of benzene rings is 1. The fourth-order valence-electron chi connectivity index (χ4n) is 3.69. The first-order valence-corrected chi connectivity index (χ1v) is 11.7. The molecule has 1 aromatic carbocycles. The van der Waals surface area contributed by atoms with Crippen molar-refractivity contribution in [2.24, 2.45) is 0 Å². The first-order chi connectivity index (χ1) is 14.2. The maximum absolute atomic E-state index is 12.5. The van der Waals surface area contributed by atoms with Gasteiger partial charge in [-0.3, -0.25) is 4.79 Å². The Balaban J connectivity index is 1.66. The van der Waals surface area contributed by atoms with Gasteiger partial charge in [-0.1, -0.05) is 50.8 Å². The van der Waals surface area contributed by atoms with Crippen LogP contribution < -0.4 is 10.1 Å². The standard InChI is InChI=1S/C22H32N4O2S/c1-3-4-15-26-21(17-11-13-19(28-2)14-12-17)24-25-22(26)29-16-20(27)23-18-9-7-5-6-8-10-18/h11-14,18H,3-10,15-16H2,1-2H3,(H,23,27). The Hall–Kier alpha value is -2.02. The highest BCUT2D eigenvalue weighted by Gasteiger charge is 2.18. The van der Waals surface area contributed by atoms with Crippen LogP contribution in [0.25, 0.3) is 11.4 Å². The molecule has 3 rings (SSSR count). The van der Waals surface area contributed by atoms with Gasteiger partial charge in [0.05, 0.1) is 12.9 Å². The second-order valence-corrected chi connectivity index (χ2v) is 8.53. The van der Waals surface area contributed by atoms with Crippen molar-refractivity contribution in [3.05, 3.63) is 24.3 Å². The van der Waals surface area contributed by atoms with Crippen LogP contribution in [-0.4, -0.2) is 39.6 Å². The Bertz CT molecular complexity index is 768. The second-order valence-electron chi connectivity index (χ2n) is 7.58. The lowest BCUT2D eigenvalue weighted by Gasteiger charge is -2.16. The van der Waals surface area contributed by atoms with Crippen LogP contribution in [0.1, 0.15) is 58.3 Å². The van der Waals surface area contributed by atoms with Crippen molar-refractivity contribution in [3.8, 4) is 17.1 Å².